The molecular formula is C9H20N2S. The highest BCUT2D eigenvalue weighted by Gasteiger charge is 2.03. The molecule has 0 aromatic carbocycles. The molecule has 2 N–H and O–H groups in total. The highest BCUT2D eigenvalue weighted by molar-refractivity contribution is 7.80. The second kappa shape index (κ2) is 6.23. The molecule has 2 atom stereocenters. The second-order valence-corrected chi connectivity index (χ2v) is 3.64. The fourth-order valence-electron chi connectivity index (χ4n) is 0.693. The summed E-state index contributed by atoms with van der Waals surface area (Å²) in [4.78, 5) is 0. The zero-order valence-electron chi connectivity index (χ0n) is 8.48. The quantitative estimate of drug-likeness (QED) is 0.660. The number of nitrogens with one attached hydrogen (secondary N) is 2. The zero-order valence-corrected chi connectivity index (χ0v) is 9.29. The third-order valence-electron chi connectivity index (χ3n) is 1.98. The molecule has 12 heavy (non-hydrogen) atoms. The zero-order chi connectivity index (χ0) is 9.56. The predicted octanol–water partition coefficient (Wildman–Crippen LogP) is 2.05. The van der Waals surface area contributed by atoms with Crippen molar-refractivity contribution in [2.45, 2.75) is 52.6 Å². The van der Waals surface area contributed by atoms with E-state index in [1.165, 1.54) is 0 Å². The van der Waals surface area contributed by atoms with E-state index in [-0.39, 0.29) is 0 Å². The summed E-state index contributed by atoms with van der Waals surface area (Å²) in [5, 5.41) is 7.21. The van der Waals surface area contributed by atoms with Crippen LogP contribution in [0.1, 0.15) is 40.5 Å². The van der Waals surface area contributed by atoms with Crippen LogP contribution >= 0.6 is 12.2 Å². The van der Waals surface area contributed by atoms with Gasteiger partial charge in [-0.3, -0.25) is 0 Å². The third kappa shape index (κ3) is 5.35. The van der Waals surface area contributed by atoms with Gasteiger partial charge in [0.1, 0.15) is 0 Å². The van der Waals surface area contributed by atoms with Gasteiger partial charge in [0.05, 0.1) is 0 Å². The summed E-state index contributed by atoms with van der Waals surface area (Å²) in [6.07, 6.45) is 2.20. The first-order valence-electron chi connectivity index (χ1n) is 4.67. The minimum absolute atomic E-state index is 0.467. The molecule has 0 aliphatic heterocycles. The molecule has 0 aromatic heterocycles. The standard InChI is InChI=1S/C9H20N2S/c1-5-7(3)10-9(12)11-8(4)6-2/h7-8H,5-6H2,1-4H3,(H2,10,11,12). The van der Waals surface area contributed by atoms with Crippen molar-refractivity contribution in [2.24, 2.45) is 0 Å². The van der Waals surface area contributed by atoms with E-state index in [2.05, 4.69) is 38.3 Å². The van der Waals surface area contributed by atoms with Crippen LogP contribution in [0, 0.1) is 0 Å². The van der Waals surface area contributed by atoms with Gasteiger partial charge in [-0.1, -0.05) is 13.8 Å². The molecule has 0 saturated heterocycles. The summed E-state index contributed by atoms with van der Waals surface area (Å²) in [5.41, 5.74) is 0. The van der Waals surface area contributed by atoms with Crippen molar-refractivity contribution in [3.63, 3.8) is 0 Å². The average Bonchev–Trinajstić information content (AvgIpc) is 2.03. The molecule has 2 nitrogen and oxygen atoms in total. The Kier molecular flexibility index (Phi) is 6.07. The smallest absolute Gasteiger partial charge is 0.166 e. The van der Waals surface area contributed by atoms with E-state index in [1.807, 2.05) is 0 Å². The molecule has 0 spiro atoms. The molecule has 0 saturated carbocycles. The SMILES string of the molecule is CCC(C)NC(=S)NC(C)CC. The van der Waals surface area contributed by atoms with Crippen molar-refractivity contribution < 1.29 is 0 Å². The van der Waals surface area contributed by atoms with Crippen LogP contribution in [0.4, 0.5) is 0 Å². The van der Waals surface area contributed by atoms with Crippen LogP contribution in [-0.2, 0) is 0 Å². The van der Waals surface area contributed by atoms with Crippen molar-refractivity contribution >= 4 is 17.3 Å². The molecule has 3 heteroatoms. The summed E-state index contributed by atoms with van der Waals surface area (Å²) < 4.78 is 0. The lowest BCUT2D eigenvalue weighted by Crippen LogP contribution is -2.43. The van der Waals surface area contributed by atoms with Gasteiger partial charge in [-0.2, -0.15) is 0 Å². The van der Waals surface area contributed by atoms with Gasteiger partial charge in [0.15, 0.2) is 5.11 Å². The lowest BCUT2D eigenvalue weighted by Gasteiger charge is -2.18. The Labute approximate surface area is 81.1 Å². The highest BCUT2D eigenvalue weighted by atomic mass is 32.1. The van der Waals surface area contributed by atoms with Gasteiger partial charge >= 0.3 is 0 Å². The van der Waals surface area contributed by atoms with Crippen molar-refractivity contribution in [1.82, 2.24) is 10.6 Å². The van der Waals surface area contributed by atoms with Crippen LogP contribution in [0.5, 0.6) is 0 Å². The second-order valence-electron chi connectivity index (χ2n) is 3.24. The maximum atomic E-state index is 5.12. The molecule has 2 unspecified atom stereocenters. The molecule has 0 bridgehead atoms. The molecule has 0 rings (SSSR count). The Hall–Kier alpha value is -0.310. The van der Waals surface area contributed by atoms with E-state index in [4.69, 9.17) is 12.2 Å². The summed E-state index contributed by atoms with van der Waals surface area (Å²) in [6.45, 7) is 8.54. The van der Waals surface area contributed by atoms with Crippen LogP contribution in [0.3, 0.4) is 0 Å². The monoisotopic (exact) mass is 188 g/mol. The maximum absolute atomic E-state index is 5.12. The Bertz CT molecular complexity index is 122. The Morgan fingerprint density at radius 1 is 1.08 bits per heavy atom. The van der Waals surface area contributed by atoms with Crippen molar-refractivity contribution in [1.29, 1.82) is 0 Å². The van der Waals surface area contributed by atoms with E-state index in [9.17, 15) is 0 Å². The first-order valence-corrected chi connectivity index (χ1v) is 5.08. The van der Waals surface area contributed by atoms with E-state index >= 15 is 0 Å². The number of rotatable bonds is 4. The molecule has 0 aliphatic rings. The number of hydrogen-bond donors (Lipinski definition) is 2. The fraction of sp³-hybridized carbons (Fsp3) is 0.889. The third-order valence-corrected chi connectivity index (χ3v) is 2.22. The fourth-order valence-corrected chi connectivity index (χ4v) is 1.10. The van der Waals surface area contributed by atoms with Crippen LogP contribution in [0.15, 0.2) is 0 Å². The van der Waals surface area contributed by atoms with E-state index in [1.54, 1.807) is 0 Å². The van der Waals surface area contributed by atoms with Crippen LogP contribution in [0.2, 0.25) is 0 Å². The van der Waals surface area contributed by atoms with Crippen molar-refractivity contribution in [3.05, 3.63) is 0 Å². The Morgan fingerprint density at radius 3 is 1.67 bits per heavy atom. The van der Waals surface area contributed by atoms with Crippen molar-refractivity contribution in [3.8, 4) is 0 Å². The Balaban J connectivity index is 3.59. The van der Waals surface area contributed by atoms with Crippen LogP contribution in [-0.4, -0.2) is 17.2 Å². The minimum Gasteiger partial charge on any atom is -0.360 e. The van der Waals surface area contributed by atoms with E-state index in [0.29, 0.717) is 12.1 Å². The van der Waals surface area contributed by atoms with Crippen LogP contribution in [0.25, 0.3) is 0 Å². The summed E-state index contributed by atoms with van der Waals surface area (Å²) in [7, 11) is 0. The molecule has 0 aliphatic carbocycles. The first kappa shape index (κ1) is 11.7. The topological polar surface area (TPSA) is 24.1 Å². The minimum atomic E-state index is 0.467. The first-order chi connectivity index (χ1) is 5.60. The normalized spacial score (nSPS) is 15.0. The van der Waals surface area contributed by atoms with Crippen LogP contribution < -0.4 is 10.6 Å². The number of hydrogen-bond acceptors (Lipinski definition) is 1. The predicted molar refractivity (Wildman–Crippen MR) is 58.4 cm³/mol. The molecule has 72 valence electrons. The van der Waals surface area contributed by atoms with Gasteiger partial charge in [0.2, 0.25) is 0 Å². The molecule has 0 amide bonds. The van der Waals surface area contributed by atoms with Crippen molar-refractivity contribution in [2.75, 3.05) is 0 Å². The highest BCUT2D eigenvalue weighted by Crippen LogP contribution is 1.90. The van der Waals surface area contributed by atoms with Gasteiger partial charge in [-0.05, 0) is 38.9 Å². The van der Waals surface area contributed by atoms with Gasteiger partial charge in [-0.15, -0.1) is 0 Å². The molecule has 0 radical (unpaired) electrons. The molecular weight excluding hydrogens is 168 g/mol. The Morgan fingerprint density at radius 2 is 1.42 bits per heavy atom. The largest absolute Gasteiger partial charge is 0.360 e. The molecule has 0 heterocycles. The lowest BCUT2D eigenvalue weighted by molar-refractivity contribution is 0.594. The van der Waals surface area contributed by atoms with Gasteiger partial charge < -0.3 is 10.6 Å². The van der Waals surface area contributed by atoms with Gasteiger partial charge in [-0.25, -0.2) is 0 Å². The van der Waals surface area contributed by atoms with Gasteiger partial charge in [0, 0.05) is 12.1 Å². The molecule has 0 aromatic rings. The maximum Gasteiger partial charge on any atom is 0.166 e. The van der Waals surface area contributed by atoms with E-state index < -0.39 is 0 Å². The summed E-state index contributed by atoms with van der Waals surface area (Å²) in [5.74, 6) is 0. The summed E-state index contributed by atoms with van der Waals surface area (Å²) in [6, 6.07) is 0.933. The average molecular weight is 188 g/mol. The number of thiocarbonyl (C=S) groups is 1. The molecule has 0 fully saturated rings. The lowest BCUT2D eigenvalue weighted by atomic mass is 10.2. The van der Waals surface area contributed by atoms with E-state index in [0.717, 1.165) is 18.0 Å². The summed E-state index contributed by atoms with van der Waals surface area (Å²) >= 11 is 5.12. The van der Waals surface area contributed by atoms with Gasteiger partial charge in [0.25, 0.3) is 0 Å².